The van der Waals surface area contributed by atoms with Gasteiger partial charge in [-0.1, -0.05) is 78.8 Å². The zero-order valence-corrected chi connectivity index (χ0v) is 37.9. The van der Waals surface area contributed by atoms with Gasteiger partial charge in [-0.15, -0.1) is 0 Å². The zero-order chi connectivity index (χ0) is 41.2. The monoisotopic (exact) mass is 797 g/mol. The van der Waals surface area contributed by atoms with Crippen LogP contribution in [0, 0.1) is 11.8 Å². The number of methoxy groups -OCH3 is 1. The van der Waals surface area contributed by atoms with Gasteiger partial charge in [-0.25, -0.2) is 0 Å². The molecule has 0 aliphatic carbocycles. The number of epoxide rings is 1. The third-order valence-electron chi connectivity index (χ3n) is 12.0. The van der Waals surface area contributed by atoms with Gasteiger partial charge in [-0.2, -0.15) is 0 Å². The molecule has 10 unspecified atom stereocenters. The molecule has 2 heterocycles. The van der Waals surface area contributed by atoms with E-state index >= 15 is 0 Å². The van der Waals surface area contributed by atoms with Gasteiger partial charge in [0.15, 0.2) is 8.32 Å². The van der Waals surface area contributed by atoms with Crippen molar-refractivity contribution in [2.75, 3.05) is 46.8 Å². The number of esters is 1. The molecule has 2 aliphatic rings. The highest BCUT2D eigenvalue weighted by Gasteiger charge is 2.48. The van der Waals surface area contributed by atoms with Crippen LogP contribution < -0.4 is 0 Å². The van der Waals surface area contributed by atoms with Crippen LogP contribution in [0.3, 0.4) is 0 Å². The van der Waals surface area contributed by atoms with Crippen molar-refractivity contribution in [1.82, 2.24) is 0 Å². The van der Waals surface area contributed by atoms with Crippen molar-refractivity contribution in [2.45, 2.75) is 181 Å². The molecule has 0 bridgehead atoms. The Morgan fingerprint density at radius 2 is 1.71 bits per heavy atom. The number of rotatable bonds is 24. The van der Waals surface area contributed by atoms with E-state index in [-0.39, 0.29) is 48.6 Å². The van der Waals surface area contributed by atoms with E-state index in [1.165, 1.54) is 0 Å². The van der Waals surface area contributed by atoms with Crippen LogP contribution in [0.5, 0.6) is 0 Å². The minimum absolute atomic E-state index is 0.0665. The fraction of sp³-hybridized carbons (Fsp3) is 0.841. The summed E-state index contributed by atoms with van der Waals surface area (Å²) in [5.41, 5.74) is -0.230. The molecule has 0 aromatic rings. The fourth-order valence-electron chi connectivity index (χ4n) is 8.01. The normalized spacial score (nSPS) is 30.0. The van der Waals surface area contributed by atoms with Crippen molar-refractivity contribution >= 4 is 14.3 Å². The summed E-state index contributed by atoms with van der Waals surface area (Å²) in [6, 6.07) is 1.92. The van der Waals surface area contributed by atoms with Crippen molar-refractivity contribution in [3.63, 3.8) is 0 Å². The molecule has 10 nitrogen and oxygen atoms in total. The number of allylic oxidation sites excluding steroid dienone is 2. The Morgan fingerprint density at radius 1 is 1.05 bits per heavy atom. The smallest absolute Gasteiger partial charge is 0.308 e. The first kappa shape index (κ1) is 49.7. The molecule has 0 radical (unpaired) electrons. The Labute approximate surface area is 336 Å². The molecule has 1 fully saturated rings. The Bertz CT molecular complexity index is 1180. The van der Waals surface area contributed by atoms with Gasteiger partial charge in [0.1, 0.15) is 12.2 Å². The summed E-state index contributed by atoms with van der Waals surface area (Å²) >= 11 is 0. The number of carbonyl (C=O) groups is 1. The lowest BCUT2D eigenvalue weighted by molar-refractivity contribution is -0.151. The lowest BCUT2D eigenvalue weighted by Gasteiger charge is -2.39. The van der Waals surface area contributed by atoms with Crippen LogP contribution in [0.4, 0.5) is 0 Å². The average molecular weight is 797 g/mol. The standard InChI is InChI=1S/C44H80O10Si/c1-14-37(47-13)35(10)42-38(52-42)31-43(11,50-28-26-48-15-2)24-19-20-33(8)41-34(9)21-22-39(45)44(12,51-29-27-49-16-3)25-23-36(30-40(46)53-41)54-55(17-4,18-5)32(6)7/h19-22,24,32,34-39,41-42,45H,14-18,23,25-31H2,1-13H3/b22-21+,24-19+,33-20+. The summed E-state index contributed by atoms with van der Waals surface area (Å²) in [6.07, 6.45) is 11.2. The molecule has 0 spiro atoms. The summed E-state index contributed by atoms with van der Waals surface area (Å²) in [7, 11) is -0.395. The highest BCUT2D eigenvalue weighted by atomic mass is 28.4. The number of carbonyl (C=O) groups excluding carboxylic acids is 1. The van der Waals surface area contributed by atoms with Gasteiger partial charge < -0.3 is 42.7 Å². The molecule has 0 amide bonds. The van der Waals surface area contributed by atoms with Gasteiger partial charge in [-0.05, 0) is 77.1 Å². The fourth-order valence-corrected chi connectivity index (χ4v) is 11.6. The third-order valence-corrected chi connectivity index (χ3v) is 17.3. The second kappa shape index (κ2) is 24.5. The first-order chi connectivity index (χ1) is 26.1. The molecular formula is C44H80O10Si. The summed E-state index contributed by atoms with van der Waals surface area (Å²) in [4.78, 5) is 13.9. The maximum Gasteiger partial charge on any atom is 0.308 e. The Morgan fingerprint density at radius 3 is 2.29 bits per heavy atom. The summed E-state index contributed by atoms with van der Waals surface area (Å²) in [6.45, 7) is 28.1. The van der Waals surface area contributed by atoms with Gasteiger partial charge in [0, 0.05) is 38.6 Å². The molecule has 0 aromatic heterocycles. The number of cyclic esters (lactones) is 1. The van der Waals surface area contributed by atoms with E-state index in [0.717, 1.165) is 24.1 Å². The van der Waals surface area contributed by atoms with Gasteiger partial charge >= 0.3 is 5.97 Å². The van der Waals surface area contributed by atoms with Crippen LogP contribution in [-0.4, -0.2) is 114 Å². The van der Waals surface area contributed by atoms with Crippen molar-refractivity contribution in [1.29, 1.82) is 0 Å². The van der Waals surface area contributed by atoms with Gasteiger partial charge in [0.2, 0.25) is 0 Å². The van der Waals surface area contributed by atoms with Crippen molar-refractivity contribution in [3.05, 3.63) is 36.0 Å². The van der Waals surface area contributed by atoms with Crippen LogP contribution in [-0.2, 0) is 42.4 Å². The molecule has 55 heavy (non-hydrogen) atoms. The maximum atomic E-state index is 13.9. The molecule has 1 N–H and O–H groups in total. The number of ether oxygens (including phenoxy) is 7. The molecular weight excluding hydrogens is 717 g/mol. The quantitative estimate of drug-likeness (QED) is 0.0254. The molecule has 2 rings (SSSR count). The van der Waals surface area contributed by atoms with Crippen molar-refractivity contribution < 1.29 is 47.5 Å². The molecule has 1 saturated heterocycles. The molecule has 11 heteroatoms. The summed E-state index contributed by atoms with van der Waals surface area (Å²) in [5, 5.41) is 11.6. The van der Waals surface area contributed by atoms with E-state index < -0.39 is 31.7 Å². The van der Waals surface area contributed by atoms with Gasteiger partial charge in [0.25, 0.3) is 0 Å². The Hall–Kier alpha value is -1.41. The largest absolute Gasteiger partial charge is 0.457 e. The van der Waals surface area contributed by atoms with Crippen LogP contribution in [0.25, 0.3) is 0 Å². The second-order valence-corrected chi connectivity index (χ2v) is 21.3. The van der Waals surface area contributed by atoms with E-state index in [1.807, 2.05) is 52.8 Å². The number of hydrogen-bond acceptors (Lipinski definition) is 10. The Kier molecular flexibility index (Phi) is 22.1. The highest BCUT2D eigenvalue weighted by Crippen LogP contribution is 2.40. The predicted octanol–water partition coefficient (Wildman–Crippen LogP) is 8.76. The predicted molar refractivity (Wildman–Crippen MR) is 223 cm³/mol. The SMILES string of the molecule is CCOCCOC(C)(/C=C/C=C(\C)C1OC(=O)CC(O[Si](CC)(CC)C(C)C)CCC(C)(OCCOCC)C(O)/C=C/C1C)CC1OC1C(C)C(CC)OC. The van der Waals surface area contributed by atoms with E-state index in [4.69, 9.17) is 37.6 Å². The minimum Gasteiger partial charge on any atom is -0.457 e. The number of aliphatic hydroxyl groups excluding tert-OH is 1. The molecule has 0 saturated carbocycles. The van der Waals surface area contributed by atoms with Gasteiger partial charge in [-0.3, -0.25) is 4.79 Å². The molecule has 0 aromatic carbocycles. The van der Waals surface area contributed by atoms with Crippen molar-refractivity contribution in [2.24, 2.45) is 11.8 Å². The lowest BCUT2D eigenvalue weighted by atomic mass is 9.88. The van der Waals surface area contributed by atoms with Crippen LogP contribution in [0.2, 0.25) is 17.6 Å². The molecule has 320 valence electrons. The van der Waals surface area contributed by atoms with Crippen LogP contribution >= 0.6 is 0 Å². The number of aliphatic hydroxyl groups is 1. The van der Waals surface area contributed by atoms with E-state index in [2.05, 4.69) is 54.5 Å². The maximum absolute atomic E-state index is 13.9. The van der Waals surface area contributed by atoms with E-state index in [9.17, 15) is 9.90 Å². The second-order valence-electron chi connectivity index (χ2n) is 16.4. The summed E-state index contributed by atoms with van der Waals surface area (Å²) in [5.74, 6) is -0.240. The first-order valence-corrected chi connectivity index (χ1v) is 23.7. The molecule has 10 atom stereocenters. The minimum atomic E-state index is -2.16. The highest BCUT2D eigenvalue weighted by molar-refractivity contribution is 6.75. The average Bonchev–Trinajstić information content (AvgIpc) is 3.92. The Balaban J connectivity index is 2.43. The van der Waals surface area contributed by atoms with Crippen LogP contribution in [0.15, 0.2) is 36.0 Å². The third kappa shape index (κ3) is 15.7. The van der Waals surface area contributed by atoms with Crippen molar-refractivity contribution in [3.8, 4) is 0 Å². The summed E-state index contributed by atoms with van der Waals surface area (Å²) < 4.78 is 49.2. The van der Waals surface area contributed by atoms with Gasteiger partial charge in [0.05, 0.1) is 68.5 Å². The zero-order valence-electron chi connectivity index (χ0n) is 36.9. The topological polar surface area (TPSA) is 114 Å². The number of hydrogen-bond donors (Lipinski definition) is 1. The lowest BCUT2D eigenvalue weighted by Crippen LogP contribution is -2.47. The van der Waals surface area contributed by atoms with E-state index in [0.29, 0.717) is 64.4 Å². The van der Waals surface area contributed by atoms with Crippen LogP contribution in [0.1, 0.15) is 115 Å². The first-order valence-electron chi connectivity index (χ1n) is 21.3. The molecule has 2 aliphatic heterocycles. The van der Waals surface area contributed by atoms with E-state index in [1.54, 1.807) is 13.2 Å².